The summed E-state index contributed by atoms with van der Waals surface area (Å²) in [7, 11) is 2.72. The third-order valence-electron chi connectivity index (χ3n) is 5.27. The normalized spacial score (nSPS) is 11.4. The molecular formula is C27H32F3N3O5. The molecule has 3 N–H and O–H groups in total. The van der Waals surface area contributed by atoms with E-state index < -0.39 is 35.0 Å². The van der Waals surface area contributed by atoms with Gasteiger partial charge in [-0.15, -0.1) is 0 Å². The van der Waals surface area contributed by atoms with Crippen molar-refractivity contribution in [3.05, 3.63) is 75.1 Å². The fraction of sp³-hybridized carbons (Fsp3) is 0.370. The van der Waals surface area contributed by atoms with Crippen LogP contribution in [0.2, 0.25) is 0 Å². The van der Waals surface area contributed by atoms with E-state index in [0.717, 1.165) is 5.56 Å². The zero-order valence-corrected chi connectivity index (χ0v) is 22.2. The second kappa shape index (κ2) is 12.0. The van der Waals surface area contributed by atoms with Gasteiger partial charge in [0, 0.05) is 30.1 Å². The molecule has 0 saturated heterocycles. The number of hydrogen-bond acceptors (Lipinski definition) is 6. The van der Waals surface area contributed by atoms with Gasteiger partial charge in [-0.1, -0.05) is 29.8 Å². The molecule has 8 nitrogen and oxygen atoms in total. The molecule has 0 spiro atoms. The number of nitrogens with one attached hydrogen (secondary N) is 1. The summed E-state index contributed by atoms with van der Waals surface area (Å²) in [5, 5.41) is 2.20. The van der Waals surface area contributed by atoms with Crippen LogP contribution in [-0.2, 0) is 33.9 Å². The molecule has 0 atom stereocenters. The Morgan fingerprint density at radius 2 is 1.74 bits per heavy atom. The highest BCUT2D eigenvalue weighted by Crippen LogP contribution is 2.37. The molecule has 11 heteroatoms. The van der Waals surface area contributed by atoms with Crippen LogP contribution in [0.1, 0.15) is 43.0 Å². The number of esters is 1. The number of nitrogens with zero attached hydrogens (tertiary/aromatic N) is 1. The average Bonchev–Trinajstić information content (AvgIpc) is 2.79. The minimum absolute atomic E-state index is 0.0581. The van der Waals surface area contributed by atoms with Gasteiger partial charge in [0.1, 0.15) is 12.1 Å². The number of amides is 1. The highest BCUT2D eigenvalue weighted by molar-refractivity contribution is 5.87. The van der Waals surface area contributed by atoms with Crippen molar-refractivity contribution < 1.29 is 32.2 Å². The van der Waals surface area contributed by atoms with E-state index in [1.165, 1.54) is 36.9 Å². The zero-order chi connectivity index (χ0) is 28.8. The number of pyridine rings is 1. The molecule has 1 amide bonds. The maximum atomic E-state index is 13.8. The van der Waals surface area contributed by atoms with Crippen molar-refractivity contribution in [2.75, 3.05) is 19.4 Å². The summed E-state index contributed by atoms with van der Waals surface area (Å²) in [5.74, 6) is -0.508. The maximum Gasteiger partial charge on any atom is 0.417 e. The van der Waals surface area contributed by atoms with Crippen molar-refractivity contribution in [2.45, 2.75) is 45.9 Å². The number of methoxy groups -OCH3 is 1. The van der Waals surface area contributed by atoms with Gasteiger partial charge >= 0.3 is 18.2 Å². The monoisotopic (exact) mass is 535 g/mol. The van der Waals surface area contributed by atoms with E-state index in [1.54, 1.807) is 39.0 Å². The van der Waals surface area contributed by atoms with Crippen LogP contribution in [0.4, 0.5) is 23.7 Å². The number of nitrogen functional groups attached to an aromatic ring is 1. The van der Waals surface area contributed by atoms with E-state index in [1.807, 2.05) is 13.0 Å². The lowest BCUT2D eigenvalue weighted by atomic mass is 9.96. The highest BCUT2D eigenvalue weighted by Gasteiger charge is 2.37. The topological polar surface area (TPSA) is 113 Å². The average molecular weight is 536 g/mol. The molecule has 0 unspecified atom stereocenters. The number of halogens is 3. The van der Waals surface area contributed by atoms with Crippen LogP contribution in [0.15, 0.2) is 47.3 Å². The van der Waals surface area contributed by atoms with Crippen LogP contribution in [-0.4, -0.2) is 35.9 Å². The smallest absolute Gasteiger partial charge is 0.417 e. The second-order valence-corrected chi connectivity index (χ2v) is 9.59. The molecule has 0 saturated carbocycles. The number of benzene rings is 2. The van der Waals surface area contributed by atoms with E-state index in [-0.39, 0.29) is 35.1 Å². The quantitative estimate of drug-likeness (QED) is 0.369. The molecular weight excluding hydrogens is 503 g/mol. The minimum atomic E-state index is -4.65. The zero-order valence-electron chi connectivity index (χ0n) is 22.2. The largest absolute Gasteiger partial charge is 0.468 e. The number of aromatic nitrogens is 1. The number of anilines is 1. The number of ether oxygens (including phenoxy) is 2. The van der Waals surface area contributed by atoms with Gasteiger partial charge in [0.05, 0.1) is 18.2 Å². The van der Waals surface area contributed by atoms with Crippen molar-refractivity contribution >= 4 is 28.7 Å². The van der Waals surface area contributed by atoms with Crippen molar-refractivity contribution in [3.8, 4) is 0 Å². The van der Waals surface area contributed by atoms with Gasteiger partial charge in [-0.2, -0.15) is 13.2 Å². The molecule has 1 aromatic heterocycles. The van der Waals surface area contributed by atoms with E-state index in [4.69, 9.17) is 10.5 Å². The Hall–Kier alpha value is -4.02. The Bertz CT molecular complexity index is 1380. The molecule has 0 bridgehead atoms. The Balaban J connectivity index is 0.000000332. The summed E-state index contributed by atoms with van der Waals surface area (Å²) in [6.07, 6.45) is -5.37. The predicted molar refractivity (Wildman–Crippen MR) is 139 cm³/mol. The van der Waals surface area contributed by atoms with Crippen LogP contribution in [0.25, 0.3) is 10.9 Å². The molecule has 3 rings (SSSR count). The van der Waals surface area contributed by atoms with E-state index in [0.29, 0.717) is 5.56 Å². The van der Waals surface area contributed by atoms with Gasteiger partial charge < -0.3 is 25.1 Å². The van der Waals surface area contributed by atoms with Gasteiger partial charge in [-0.3, -0.25) is 9.59 Å². The number of fused-ring (bicyclic) bond motifs is 1. The number of hydrogen-bond donors (Lipinski definition) is 2. The van der Waals surface area contributed by atoms with Crippen LogP contribution in [0.3, 0.4) is 0 Å². The molecule has 38 heavy (non-hydrogen) atoms. The molecule has 0 aliphatic rings. The van der Waals surface area contributed by atoms with Gasteiger partial charge in [0.2, 0.25) is 0 Å². The third-order valence-corrected chi connectivity index (χ3v) is 5.27. The predicted octanol–water partition coefficient (Wildman–Crippen LogP) is 4.72. The Morgan fingerprint density at radius 3 is 2.29 bits per heavy atom. The minimum Gasteiger partial charge on any atom is -0.468 e. The summed E-state index contributed by atoms with van der Waals surface area (Å²) in [4.78, 5) is 34.2. The Morgan fingerprint density at radius 1 is 1.08 bits per heavy atom. The SMILES string of the molecule is COC(=O)CNC(=O)OC(C)(C)C.Cc1cccc(Cc2c(C(F)(F)F)c3cc(N)ccc3n(C)c2=O)c1. The molecule has 206 valence electrons. The van der Waals surface area contributed by atoms with E-state index >= 15 is 0 Å². The Labute approximate surface area is 218 Å². The summed E-state index contributed by atoms with van der Waals surface area (Å²) in [5.41, 5.74) is 5.33. The molecule has 0 aliphatic heterocycles. The number of carbonyl (C=O) groups is 2. The first-order chi connectivity index (χ1) is 17.5. The maximum absolute atomic E-state index is 13.8. The lowest BCUT2D eigenvalue weighted by molar-refractivity contribution is -0.139. The van der Waals surface area contributed by atoms with Gasteiger partial charge in [0.25, 0.3) is 5.56 Å². The van der Waals surface area contributed by atoms with Gasteiger partial charge in [-0.05, 0) is 51.5 Å². The van der Waals surface area contributed by atoms with E-state index in [9.17, 15) is 27.6 Å². The first-order valence-corrected chi connectivity index (χ1v) is 11.6. The van der Waals surface area contributed by atoms with Crippen molar-refractivity contribution in [3.63, 3.8) is 0 Å². The number of aryl methyl sites for hydroxylation is 2. The van der Waals surface area contributed by atoms with Crippen LogP contribution < -0.4 is 16.6 Å². The van der Waals surface area contributed by atoms with Crippen molar-refractivity contribution in [1.29, 1.82) is 0 Å². The van der Waals surface area contributed by atoms with Crippen molar-refractivity contribution in [2.24, 2.45) is 7.05 Å². The summed E-state index contributed by atoms with van der Waals surface area (Å²) >= 11 is 0. The lowest BCUT2D eigenvalue weighted by Crippen LogP contribution is -2.35. The summed E-state index contributed by atoms with van der Waals surface area (Å²) in [6, 6.07) is 11.3. The molecule has 2 aromatic carbocycles. The van der Waals surface area contributed by atoms with Crippen LogP contribution >= 0.6 is 0 Å². The molecule has 0 aliphatic carbocycles. The molecule has 0 radical (unpaired) electrons. The van der Waals surface area contributed by atoms with Crippen molar-refractivity contribution in [1.82, 2.24) is 9.88 Å². The van der Waals surface area contributed by atoms with Crippen LogP contribution in [0.5, 0.6) is 0 Å². The first-order valence-electron chi connectivity index (χ1n) is 11.6. The molecule has 0 fully saturated rings. The van der Waals surface area contributed by atoms with Crippen LogP contribution in [0, 0.1) is 6.92 Å². The number of rotatable bonds is 4. The van der Waals surface area contributed by atoms with E-state index in [2.05, 4.69) is 10.1 Å². The molecule has 1 heterocycles. The lowest BCUT2D eigenvalue weighted by Gasteiger charge is -2.19. The fourth-order valence-electron chi connectivity index (χ4n) is 3.67. The number of alkyl halides is 3. The number of alkyl carbamates (subject to hydrolysis) is 1. The second-order valence-electron chi connectivity index (χ2n) is 9.59. The third kappa shape index (κ3) is 8.25. The van der Waals surface area contributed by atoms with Gasteiger partial charge in [0.15, 0.2) is 0 Å². The first kappa shape index (κ1) is 30.2. The standard InChI is InChI=1S/C19H17F3N2O.C8H15NO4/c1-11-4-3-5-12(8-11)9-15-17(19(20,21)22)14-10-13(23)6-7-16(14)24(2)18(15)25;1-8(2,3)13-7(11)9-5-6(10)12-4/h3-8,10H,9,23H2,1-2H3;5H2,1-4H3,(H,9,11). The fourth-order valence-corrected chi connectivity index (χ4v) is 3.67. The summed E-state index contributed by atoms with van der Waals surface area (Å²) < 4.78 is 51.9. The summed E-state index contributed by atoms with van der Waals surface area (Å²) in [6.45, 7) is 6.90. The number of nitrogens with two attached hydrogens (primary N) is 1. The van der Waals surface area contributed by atoms with Gasteiger partial charge in [-0.25, -0.2) is 4.79 Å². The number of carbonyl (C=O) groups excluding carboxylic acids is 2. The highest BCUT2D eigenvalue weighted by atomic mass is 19.4. The Kier molecular flexibility index (Phi) is 9.55. The molecule has 3 aromatic rings.